The number of thiophene rings is 1. The molecule has 0 spiro atoms. The van der Waals surface area contributed by atoms with Crippen LogP contribution in [0.25, 0.3) is 10.8 Å². The lowest BCUT2D eigenvalue weighted by Crippen LogP contribution is -2.25. The summed E-state index contributed by atoms with van der Waals surface area (Å²) in [6.07, 6.45) is -26.9. The number of ketones is 10. The number of aromatic nitrogens is 1. The predicted molar refractivity (Wildman–Crippen MR) is 238 cm³/mol. The first kappa shape index (κ1) is 64.8. The number of pyridine rings is 1. The summed E-state index contributed by atoms with van der Waals surface area (Å²) < 4.78 is 182. The Bertz CT molecular complexity index is 2850. The predicted octanol–water partition coefficient (Wildman–Crippen LogP) is 12.2. The second-order valence-electron chi connectivity index (χ2n) is 14.7. The molecular weight excluding hydrogens is 1100 g/mol. The molecule has 77 heavy (non-hydrogen) atoms. The zero-order valence-corrected chi connectivity index (χ0v) is 39.1. The molecule has 0 atom stereocenters. The van der Waals surface area contributed by atoms with E-state index >= 15 is 0 Å². The zero-order valence-electron chi connectivity index (χ0n) is 38.3. The highest BCUT2D eigenvalue weighted by Crippen LogP contribution is 2.24. The van der Waals surface area contributed by atoms with Gasteiger partial charge in [-0.15, -0.1) is 11.3 Å². The fourth-order valence-corrected chi connectivity index (χ4v) is 5.76. The van der Waals surface area contributed by atoms with Crippen LogP contribution in [0, 0.1) is 0 Å². The number of carbonyl (C=O) groups is 10. The highest BCUT2D eigenvalue weighted by atomic mass is 32.1. The van der Waals surface area contributed by atoms with Crippen LogP contribution in [0.15, 0.2) is 138 Å². The number of rotatable bonds is 15. The van der Waals surface area contributed by atoms with Crippen molar-refractivity contribution in [2.75, 3.05) is 0 Å². The lowest BCUT2D eigenvalue weighted by atomic mass is 10.0. The standard InChI is InChI=1S/C14H9F3O2.C10H7F3O2.C9H6F3NO2.C8H5F3O3.C8H5F3O2S/c15-14(16,17)13(19)8-12(18)11-6-5-9-3-1-2-4-10(9)7-11;11-10(12,13)9(15)6-8(14)7-4-2-1-3-5-7;10-9(11,12)8(15)4-7(14)6-2-1-3-13-5-6;2*9-8(10,11)7(13)4-5(12)6-2-1-3-14-6/h1-7H,8H2;1-5H,6H2;1-3,5H,4H2;2*1-3H,4H2. The molecule has 0 amide bonds. The largest absolute Gasteiger partial charge is 0.461 e. The Morgan fingerprint density at radius 2 is 0.805 bits per heavy atom. The molecule has 0 aliphatic rings. The van der Waals surface area contributed by atoms with Crippen LogP contribution in [0.5, 0.6) is 0 Å². The number of Topliss-reactive ketones (excluding diaryl/α,β-unsaturated/α-hetero) is 10. The summed E-state index contributed by atoms with van der Waals surface area (Å²) in [6.45, 7) is 0. The van der Waals surface area contributed by atoms with Crippen LogP contribution in [0.2, 0.25) is 0 Å². The molecule has 28 heteroatoms. The van der Waals surface area contributed by atoms with Crippen LogP contribution < -0.4 is 0 Å². The van der Waals surface area contributed by atoms with Gasteiger partial charge in [-0.2, -0.15) is 65.9 Å². The molecule has 0 unspecified atom stereocenters. The lowest BCUT2D eigenvalue weighted by molar-refractivity contribution is -0.170. The number of carbonyl (C=O) groups excluding carboxylic acids is 10. The van der Waals surface area contributed by atoms with Crippen molar-refractivity contribution in [2.45, 2.75) is 63.0 Å². The van der Waals surface area contributed by atoms with E-state index < -0.39 is 121 Å². The van der Waals surface area contributed by atoms with Crippen molar-refractivity contribution in [3.05, 3.63) is 161 Å². The minimum absolute atomic E-state index is 0.00454. The number of nitrogens with zero attached hydrogens (tertiary/aromatic N) is 1. The van der Waals surface area contributed by atoms with E-state index in [0.717, 1.165) is 34.6 Å². The van der Waals surface area contributed by atoms with Gasteiger partial charge >= 0.3 is 30.9 Å². The maximum atomic E-state index is 12.1. The Hall–Kier alpha value is -8.30. The molecule has 3 aromatic heterocycles. The van der Waals surface area contributed by atoms with E-state index in [1.807, 2.05) is 12.1 Å². The van der Waals surface area contributed by atoms with Gasteiger partial charge in [0.2, 0.25) is 34.7 Å². The number of hydrogen-bond acceptors (Lipinski definition) is 13. The van der Waals surface area contributed by atoms with E-state index in [9.17, 15) is 114 Å². The number of fused-ring (bicyclic) bond motifs is 1. The first-order valence-electron chi connectivity index (χ1n) is 20.7. The molecule has 0 aliphatic carbocycles. The van der Waals surface area contributed by atoms with Gasteiger partial charge in [-0.3, -0.25) is 52.9 Å². The molecule has 0 radical (unpaired) electrons. The maximum Gasteiger partial charge on any atom is 0.450 e. The molecule has 0 aliphatic heterocycles. The minimum atomic E-state index is -4.97. The van der Waals surface area contributed by atoms with Crippen molar-refractivity contribution >= 4 is 79.9 Å². The summed E-state index contributed by atoms with van der Waals surface area (Å²) in [4.78, 5) is 112. The summed E-state index contributed by atoms with van der Waals surface area (Å²) in [7, 11) is 0. The average Bonchev–Trinajstić information content (AvgIpc) is 4.11. The molecule has 0 saturated carbocycles. The Kier molecular flexibility index (Phi) is 24.0. The normalized spacial score (nSPS) is 11.3. The Labute approximate surface area is 425 Å². The third kappa shape index (κ3) is 23.4. The molecule has 3 aromatic carbocycles. The Morgan fingerprint density at radius 1 is 0.390 bits per heavy atom. The molecule has 0 fully saturated rings. The number of hydrogen-bond donors (Lipinski definition) is 0. The fraction of sp³-hybridized carbons (Fsp3) is 0.204. The van der Waals surface area contributed by atoms with Gasteiger partial charge in [0.25, 0.3) is 0 Å². The Morgan fingerprint density at radius 3 is 1.22 bits per heavy atom. The van der Waals surface area contributed by atoms with Crippen molar-refractivity contribution < 1.29 is 118 Å². The highest BCUT2D eigenvalue weighted by Gasteiger charge is 2.42. The van der Waals surface area contributed by atoms with E-state index in [4.69, 9.17) is 0 Å². The van der Waals surface area contributed by atoms with Gasteiger partial charge in [-0.1, -0.05) is 72.8 Å². The van der Waals surface area contributed by atoms with Crippen LogP contribution in [-0.2, 0) is 24.0 Å². The van der Waals surface area contributed by atoms with Crippen molar-refractivity contribution in [3.8, 4) is 0 Å². The quantitative estimate of drug-likeness (QED) is 0.0537. The molecule has 0 N–H and O–H groups in total. The van der Waals surface area contributed by atoms with Crippen LogP contribution in [0.4, 0.5) is 65.9 Å². The number of alkyl halides is 15. The van der Waals surface area contributed by atoms with Crippen LogP contribution >= 0.6 is 11.3 Å². The van der Waals surface area contributed by atoms with E-state index in [0.29, 0.717) is 0 Å². The first-order valence-corrected chi connectivity index (χ1v) is 21.6. The van der Waals surface area contributed by atoms with Crippen molar-refractivity contribution in [2.24, 2.45) is 0 Å². The summed E-state index contributed by atoms with van der Waals surface area (Å²) in [5.41, 5.74) is 0.210. The second-order valence-corrected chi connectivity index (χ2v) is 15.7. The van der Waals surface area contributed by atoms with E-state index in [1.165, 1.54) is 79.0 Å². The third-order valence-corrected chi connectivity index (χ3v) is 9.84. The molecule has 6 aromatic rings. The second kappa shape index (κ2) is 28.6. The minimum Gasteiger partial charge on any atom is -0.461 e. The molecule has 0 bridgehead atoms. The smallest absolute Gasteiger partial charge is 0.450 e. The number of benzene rings is 3. The molecule has 410 valence electrons. The van der Waals surface area contributed by atoms with E-state index in [1.54, 1.807) is 29.6 Å². The number of furan rings is 1. The van der Waals surface area contributed by atoms with Crippen molar-refractivity contribution in [1.29, 1.82) is 0 Å². The summed E-state index contributed by atoms with van der Waals surface area (Å²) in [5.74, 6) is -14.7. The van der Waals surface area contributed by atoms with Gasteiger partial charge in [0.1, 0.15) is 0 Å². The molecule has 3 heterocycles. The lowest BCUT2D eigenvalue weighted by Gasteiger charge is -2.05. The van der Waals surface area contributed by atoms with Crippen molar-refractivity contribution in [1.82, 2.24) is 4.98 Å². The van der Waals surface area contributed by atoms with E-state index in [-0.39, 0.29) is 27.3 Å². The highest BCUT2D eigenvalue weighted by molar-refractivity contribution is 7.12. The summed E-state index contributed by atoms with van der Waals surface area (Å²) in [5, 5.41) is 3.18. The summed E-state index contributed by atoms with van der Waals surface area (Å²) >= 11 is 1.01. The van der Waals surface area contributed by atoms with Crippen LogP contribution in [0.3, 0.4) is 0 Å². The number of halogens is 15. The SMILES string of the molecule is O=C(CC(=O)C(F)(F)F)c1ccc2ccccc2c1.O=C(CC(=O)C(F)(F)F)c1ccccc1.O=C(CC(=O)C(F)(F)F)c1cccnc1.O=C(CC(=O)C(F)(F)F)c1ccco1.O=C(CC(=O)C(F)(F)F)c1cccs1. The molecule has 6 rings (SSSR count). The van der Waals surface area contributed by atoms with Crippen molar-refractivity contribution in [3.63, 3.8) is 0 Å². The molecule has 0 saturated heterocycles. The van der Waals surface area contributed by atoms with Gasteiger partial charge < -0.3 is 4.42 Å². The van der Waals surface area contributed by atoms with Gasteiger partial charge in [-0.25, -0.2) is 0 Å². The van der Waals surface area contributed by atoms with Gasteiger partial charge in [0.05, 0.1) is 43.2 Å². The monoisotopic (exact) mass is 1130 g/mol. The molecular formula is C49H32F15NO11S. The van der Waals surface area contributed by atoms with Gasteiger partial charge in [0, 0.05) is 29.1 Å². The zero-order chi connectivity index (χ0) is 58.5. The molecule has 12 nitrogen and oxygen atoms in total. The topological polar surface area (TPSA) is 197 Å². The van der Waals surface area contributed by atoms with Crippen LogP contribution in [-0.4, -0.2) is 93.7 Å². The van der Waals surface area contributed by atoms with Gasteiger partial charge in [0.15, 0.2) is 28.9 Å². The first-order chi connectivity index (χ1) is 35.5. The third-order valence-electron chi connectivity index (χ3n) is 8.93. The average molecular weight is 1130 g/mol. The van der Waals surface area contributed by atoms with E-state index in [2.05, 4.69) is 9.40 Å². The maximum absolute atomic E-state index is 12.1. The summed E-state index contributed by atoms with van der Waals surface area (Å²) in [6, 6.07) is 27.3. The van der Waals surface area contributed by atoms with Crippen LogP contribution in [0.1, 0.15) is 83.4 Å². The van der Waals surface area contributed by atoms with Gasteiger partial charge in [-0.05, 0) is 52.6 Å². The fourth-order valence-electron chi connectivity index (χ4n) is 5.10. The Balaban J connectivity index is 0.000000331.